The summed E-state index contributed by atoms with van der Waals surface area (Å²) < 4.78 is 0. The summed E-state index contributed by atoms with van der Waals surface area (Å²) in [6, 6.07) is 9.83. The number of rotatable bonds is 4. The molecule has 1 saturated heterocycles. The molecule has 0 aliphatic carbocycles. The Bertz CT molecular complexity index is 427. The van der Waals surface area contributed by atoms with E-state index in [1.807, 2.05) is 34.9 Å². The number of carbonyl (C=O) groups excluding carboxylic acids is 1. The van der Waals surface area contributed by atoms with Gasteiger partial charge in [0, 0.05) is 23.6 Å². The Kier molecular flexibility index (Phi) is 5.49. The third-order valence-corrected chi connectivity index (χ3v) is 4.86. The first-order valence-corrected chi connectivity index (χ1v) is 8.24. The van der Waals surface area contributed by atoms with E-state index in [-0.39, 0.29) is 11.9 Å². The van der Waals surface area contributed by atoms with Gasteiger partial charge in [0.15, 0.2) is 0 Å². The molecule has 1 aliphatic heterocycles. The van der Waals surface area contributed by atoms with E-state index in [0.29, 0.717) is 10.5 Å². The van der Waals surface area contributed by atoms with Gasteiger partial charge in [-0.25, -0.2) is 0 Å². The van der Waals surface area contributed by atoms with E-state index in [9.17, 15) is 4.79 Å². The van der Waals surface area contributed by atoms with Crippen LogP contribution >= 0.6 is 11.8 Å². The lowest BCUT2D eigenvalue weighted by atomic mass is 10.0. The summed E-state index contributed by atoms with van der Waals surface area (Å²) in [7, 11) is 0. The van der Waals surface area contributed by atoms with Crippen LogP contribution in [0, 0.1) is 0 Å². The first kappa shape index (κ1) is 15.4. The summed E-state index contributed by atoms with van der Waals surface area (Å²) in [5.74, 6) is 0.111. The Hall–Kier alpha value is -1.00. The van der Waals surface area contributed by atoms with Crippen LogP contribution in [0.15, 0.2) is 30.3 Å². The molecule has 1 fully saturated rings. The summed E-state index contributed by atoms with van der Waals surface area (Å²) in [6.07, 6.45) is 1.58. The Morgan fingerprint density at radius 2 is 1.90 bits per heavy atom. The van der Waals surface area contributed by atoms with Crippen LogP contribution in [0.25, 0.3) is 0 Å². The quantitative estimate of drug-likeness (QED) is 0.926. The van der Waals surface area contributed by atoms with Crippen molar-refractivity contribution < 1.29 is 4.79 Å². The zero-order valence-electron chi connectivity index (χ0n) is 12.3. The van der Waals surface area contributed by atoms with Gasteiger partial charge in [0.25, 0.3) is 0 Å². The van der Waals surface area contributed by atoms with Crippen molar-refractivity contribution in [2.75, 3.05) is 13.1 Å². The molecule has 1 aromatic carbocycles. The second-order valence-corrected chi connectivity index (χ2v) is 7.51. The maximum atomic E-state index is 12.4. The second-order valence-electron chi connectivity index (χ2n) is 5.63. The molecular formula is C16H24N2OS. The van der Waals surface area contributed by atoms with E-state index in [0.717, 1.165) is 25.9 Å². The van der Waals surface area contributed by atoms with Crippen LogP contribution in [-0.4, -0.2) is 40.4 Å². The average molecular weight is 292 g/mol. The zero-order chi connectivity index (χ0) is 14.5. The minimum atomic E-state index is -0.377. The first-order valence-electron chi connectivity index (χ1n) is 7.30. The van der Waals surface area contributed by atoms with Gasteiger partial charge in [0.05, 0.1) is 6.04 Å². The summed E-state index contributed by atoms with van der Waals surface area (Å²) in [6.45, 7) is 6.01. The monoisotopic (exact) mass is 292 g/mol. The van der Waals surface area contributed by atoms with Crippen LogP contribution < -0.4 is 5.73 Å². The number of carbonyl (C=O) groups is 1. The number of hydrogen-bond donors (Lipinski definition) is 1. The minimum Gasteiger partial charge on any atom is -0.339 e. The lowest BCUT2D eigenvalue weighted by molar-refractivity contribution is -0.132. The molecule has 0 bridgehead atoms. The van der Waals surface area contributed by atoms with E-state index in [1.165, 1.54) is 5.56 Å². The fraction of sp³-hybridized carbons (Fsp3) is 0.562. The molecule has 3 unspecified atom stereocenters. The van der Waals surface area contributed by atoms with Crippen LogP contribution in [0.2, 0.25) is 0 Å². The molecule has 0 saturated carbocycles. The lowest BCUT2D eigenvalue weighted by Gasteiger charge is -2.36. The van der Waals surface area contributed by atoms with Gasteiger partial charge < -0.3 is 10.6 Å². The van der Waals surface area contributed by atoms with E-state index in [1.54, 1.807) is 0 Å². The SMILES string of the molecule is CC1CN(C(=O)C(N)CCc2ccccc2)CC(C)S1. The highest BCUT2D eigenvalue weighted by Gasteiger charge is 2.28. The van der Waals surface area contributed by atoms with Crippen molar-refractivity contribution in [2.45, 2.75) is 43.2 Å². The standard InChI is InChI=1S/C16H24N2OS/c1-12-10-18(11-13(2)20-12)16(19)15(17)9-8-14-6-4-3-5-7-14/h3-7,12-13,15H,8-11,17H2,1-2H3. The number of thioether (sulfide) groups is 1. The summed E-state index contributed by atoms with van der Waals surface area (Å²) in [5, 5.41) is 1.01. The largest absolute Gasteiger partial charge is 0.339 e. The van der Waals surface area contributed by atoms with Gasteiger partial charge in [0.1, 0.15) is 0 Å². The smallest absolute Gasteiger partial charge is 0.239 e. The van der Waals surface area contributed by atoms with Crippen LogP contribution in [0.4, 0.5) is 0 Å². The Labute approximate surface area is 125 Å². The summed E-state index contributed by atoms with van der Waals surface area (Å²) >= 11 is 1.95. The van der Waals surface area contributed by atoms with Crippen LogP contribution in [0.3, 0.4) is 0 Å². The van der Waals surface area contributed by atoms with Crippen molar-refractivity contribution in [3.05, 3.63) is 35.9 Å². The first-order chi connectivity index (χ1) is 9.56. The molecular weight excluding hydrogens is 268 g/mol. The van der Waals surface area contributed by atoms with Gasteiger partial charge in [-0.1, -0.05) is 44.2 Å². The highest BCUT2D eigenvalue weighted by Crippen LogP contribution is 2.25. The van der Waals surface area contributed by atoms with Crippen LogP contribution in [0.5, 0.6) is 0 Å². The van der Waals surface area contributed by atoms with Crippen molar-refractivity contribution in [1.29, 1.82) is 0 Å². The number of hydrogen-bond acceptors (Lipinski definition) is 3. The van der Waals surface area contributed by atoms with Gasteiger partial charge >= 0.3 is 0 Å². The minimum absolute atomic E-state index is 0.111. The van der Waals surface area contributed by atoms with Crippen LogP contribution in [-0.2, 0) is 11.2 Å². The molecule has 1 heterocycles. The molecule has 2 N–H and O–H groups in total. The molecule has 0 radical (unpaired) electrons. The van der Waals surface area contributed by atoms with Crippen LogP contribution in [0.1, 0.15) is 25.8 Å². The van der Waals surface area contributed by atoms with Crippen molar-refractivity contribution in [2.24, 2.45) is 5.73 Å². The normalized spacial score (nSPS) is 24.4. The molecule has 20 heavy (non-hydrogen) atoms. The van der Waals surface area contributed by atoms with Gasteiger partial charge in [-0.2, -0.15) is 11.8 Å². The van der Waals surface area contributed by atoms with Crippen molar-refractivity contribution >= 4 is 17.7 Å². The molecule has 1 aromatic rings. The maximum absolute atomic E-state index is 12.4. The molecule has 2 rings (SSSR count). The highest BCUT2D eigenvalue weighted by atomic mass is 32.2. The molecule has 1 amide bonds. The zero-order valence-corrected chi connectivity index (χ0v) is 13.1. The number of nitrogens with zero attached hydrogens (tertiary/aromatic N) is 1. The lowest BCUT2D eigenvalue weighted by Crippen LogP contribution is -2.50. The number of aryl methyl sites for hydroxylation is 1. The van der Waals surface area contributed by atoms with E-state index < -0.39 is 0 Å². The number of amides is 1. The predicted molar refractivity (Wildman–Crippen MR) is 85.8 cm³/mol. The van der Waals surface area contributed by atoms with Crippen molar-refractivity contribution in [1.82, 2.24) is 4.90 Å². The Morgan fingerprint density at radius 1 is 1.30 bits per heavy atom. The molecule has 4 heteroatoms. The molecule has 0 spiro atoms. The van der Waals surface area contributed by atoms with Crippen molar-refractivity contribution in [3.8, 4) is 0 Å². The van der Waals surface area contributed by atoms with E-state index in [2.05, 4.69) is 26.0 Å². The molecule has 1 aliphatic rings. The molecule has 3 nitrogen and oxygen atoms in total. The average Bonchev–Trinajstić information content (AvgIpc) is 2.44. The fourth-order valence-electron chi connectivity index (χ4n) is 2.68. The van der Waals surface area contributed by atoms with E-state index >= 15 is 0 Å². The molecule has 110 valence electrons. The maximum Gasteiger partial charge on any atom is 0.239 e. The number of nitrogens with two attached hydrogens (primary N) is 1. The third-order valence-electron chi connectivity index (χ3n) is 3.64. The second kappa shape index (κ2) is 7.14. The van der Waals surface area contributed by atoms with Gasteiger partial charge in [-0.15, -0.1) is 0 Å². The molecule has 0 aromatic heterocycles. The van der Waals surface area contributed by atoms with Crippen molar-refractivity contribution in [3.63, 3.8) is 0 Å². The van der Waals surface area contributed by atoms with E-state index in [4.69, 9.17) is 5.73 Å². The number of benzene rings is 1. The third kappa shape index (κ3) is 4.25. The van der Waals surface area contributed by atoms with Gasteiger partial charge in [0.2, 0.25) is 5.91 Å². The Balaban J connectivity index is 1.85. The summed E-state index contributed by atoms with van der Waals surface area (Å²) in [4.78, 5) is 14.3. The topological polar surface area (TPSA) is 46.3 Å². The summed E-state index contributed by atoms with van der Waals surface area (Å²) in [5.41, 5.74) is 7.33. The fourth-order valence-corrected chi connectivity index (χ4v) is 4.01. The van der Waals surface area contributed by atoms with Gasteiger partial charge in [-0.3, -0.25) is 4.79 Å². The molecule has 3 atom stereocenters. The predicted octanol–water partition coefficient (Wildman–Crippen LogP) is 2.30. The Morgan fingerprint density at radius 3 is 2.50 bits per heavy atom. The van der Waals surface area contributed by atoms with Gasteiger partial charge in [-0.05, 0) is 18.4 Å². The highest BCUT2D eigenvalue weighted by molar-refractivity contribution is 8.00.